The normalized spacial score (nSPS) is 11.2. The van der Waals surface area contributed by atoms with Crippen LogP contribution >= 0.6 is 46.2 Å². The summed E-state index contributed by atoms with van der Waals surface area (Å²) in [5.74, 6) is 1.36. The SMILES string of the molecule is CC(C)=CCCC(C)CCOC(=O)c1ccc(CP)cc1.CCC(C)Cc1ccc(-c2ccc(OC(=O)c3ccc(CP)cc3)cc2)cc1.CCC(C)Cc1ccc(OC(=O)c2ccc(OC(=O)c3ccc(CP)cc3)c(C)c2)cc1.COC(=O)c1ccc(CP)cc1.COC(=O)c1ccc(CP)cc1. The van der Waals surface area contributed by atoms with Gasteiger partial charge in [0.25, 0.3) is 0 Å². The monoisotopic (exact) mass is 1510 g/mol. The number of ether oxygens (including phenoxy) is 6. The number of hydrogen-bond donors (Lipinski definition) is 0. The summed E-state index contributed by atoms with van der Waals surface area (Å²) in [6.45, 7) is 17.7. The standard InChI is InChI=1S/C27H29O4P.C25H27O2P.C18H27O2P.2C9H11O2P/c1-4-18(2)15-20-7-12-24(13-8-20)30-27(29)23-11-14-25(19(3)16-23)31-26(28)22-9-5-21(17-32)6-10-22;1-3-18(2)16-19-4-8-21(9-5-19)22-12-14-24(15-13-22)27-25(26)23-10-6-20(17-28)7-11-23;1-14(2)5-4-6-15(3)11-12-20-18(19)17-9-7-16(13-21)8-10-17;2*1-11-9(10)8-4-2-7(6-12)3-5-8/h5-14,16,18H,4,15,17,32H2,1-3H3;4-15,18H,3,16-17,28H2,1-2H3;5,7-10,15H,4,6,11-13,21H2,1-3H3;2*2-5H,6,12H2,1H3. The zero-order valence-electron chi connectivity index (χ0n) is 62.5. The average Bonchev–Trinajstić information content (AvgIpc) is 0.838. The summed E-state index contributed by atoms with van der Waals surface area (Å²) in [5, 5.41) is 0. The zero-order chi connectivity index (χ0) is 76.6. The largest absolute Gasteiger partial charge is 0.465 e. The second-order valence-electron chi connectivity index (χ2n) is 25.8. The van der Waals surface area contributed by atoms with Gasteiger partial charge in [-0.25, -0.2) is 28.8 Å². The van der Waals surface area contributed by atoms with Crippen LogP contribution in [0.4, 0.5) is 0 Å². The predicted octanol–water partition coefficient (Wildman–Crippen LogP) is 21.6. The van der Waals surface area contributed by atoms with E-state index in [0.717, 1.165) is 80.5 Å². The average molecular weight is 1510 g/mol. The molecule has 8 atom stereocenters. The molecule has 0 saturated carbocycles. The molecule has 105 heavy (non-hydrogen) atoms. The highest BCUT2D eigenvalue weighted by Crippen LogP contribution is 2.27. The highest BCUT2D eigenvalue weighted by atomic mass is 31.0. The molecule has 0 amide bonds. The highest BCUT2D eigenvalue weighted by molar-refractivity contribution is 7.16. The number of allylic oxidation sites excluding steroid dienone is 2. The van der Waals surface area contributed by atoms with E-state index in [1.54, 1.807) is 73.7 Å². The van der Waals surface area contributed by atoms with Gasteiger partial charge in [0.1, 0.15) is 17.2 Å². The molecule has 554 valence electrons. The van der Waals surface area contributed by atoms with Crippen LogP contribution in [0.15, 0.2) is 224 Å². The number of carbonyl (C=O) groups is 6. The third-order valence-corrected chi connectivity index (χ3v) is 19.6. The summed E-state index contributed by atoms with van der Waals surface area (Å²) in [5.41, 5.74) is 16.0. The molecule has 0 aliphatic rings. The Balaban J connectivity index is 0.000000248. The van der Waals surface area contributed by atoms with Crippen LogP contribution in [-0.2, 0) is 57.9 Å². The molecule has 0 aliphatic carbocycles. The Morgan fingerprint density at radius 1 is 0.362 bits per heavy atom. The van der Waals surface area contributed by atoms with Gasteiger partial charge >= 0.3 is 35.8 Å². The van der Waals surface area contributed by atoms with Gasteiger partial charge < -0.3 is 28.4 Å². The Kier molecular flexibility index (Phi) is 39.9. The van der Waals surface area contributed by atoms with Crippen LogP contribution in [0.25, 0.3) is 11.1 Å². The van der Waals surface area contributed by atoms with Gasteiger partial charge in [0.15, 0.2) is 0 Å². The molecule has 0 fully saturated rings. The molecule has 12 nitrogen and oxygen atoms in total. The molecule has 17 heteroatoms. The van der Waals surface area contributed by atoms with Gasteiger partial charge in [-0.2, -0.15) is 0 Å². The van der Waals surface area contributed by atoms with E-state index in [2.05, 4.69) is 134 Å². The van der Waals surface area contributed by atoms with Crippen LogP contribution in [0.5, 0.6) is 17.2 Å². The predicted molar refractivity (Wildman–Crippen MR) is 445 cm³/mol. The first-order chi connectivity index (χ1) is 50.5. The van der Waals surface area contributed by atoms with E-state index < -0.39 is 11.9 Å². The summed E-state index contributed by atoms with van der Waals surface area (Å²) in [4.78, 5) is 71.1. The molecule has 0 radical (unpaired) electrons. The highest BCUT2D eigenvalue weighted by Gasteiger charge is 2.17. The lowest BCUT2D eigenvalue weighted by Gasteiger charge is -2.11. The first kappa shape index (κ1) is 87.3. The fourth-order valence-corrected chi connectivity index (χ4v) is 11.4. The lowest BCUT2D eigenvalue weighted by Crippen LogP contribution is -2.11. The maximum atomic E-state index is 12.6. The molecule has 0 heterocycles. The van der Waals surface area contributed by atoms with Crippen molar-refractivity contribution in [3.8, 4) is 28.4 Å². The van der Waals surface area contributed by atoms with Crippen molar-refractivity contribution in [3.05, 3.63) is 302 Å². The van der Waals surface area contributed by atoms with Crippen LogP contribution < -0.4 is 14.2 Å². The Bertz CT molecular complexity index is 4080. The quantitative estimate of drug-likeness (QED) is 0.0158. The fraction of sp³-hybridized carbons (Fsp3) is 0.295. The van der Waals surface area contributed by atoms with Gasteiger partial charge in [-0.05, 0) is 260 Å². The number of hydrogen-bond acceptors (Lipinski definition) is 12. The van der Waals surface area contributed by atoms with Crippen molar-refractivity contribution in [1.82, 2.24) is 0 Å². The van der Waals surface area contributed by atoms with Crippen LogP contribution in [0.3, 0.4) is 0 Å². The van der Waals surface area contributed by atoms with Crippen LogP contribution in [-0.4, -0.2) is 56.6 Å². The van der Waals surface area contributed by atoms with E-state index in [4.69, 9.17) is 18.9 Å². The minimum Gasteiger partial charge on any atom is -0.465 e. The molecule has 9 aromatic rings. The molecular formula is C88H105O12P5. The van der Waals surface area contributed by atoms with Gasteiger partial charge in [-0.3, -0.25) is 0 Å². The molecule has 0 saturated heterocycles. The van der Waals surface area contributed by atoms with E-state index in [-0.39, 0.29) is 23.9 Å². The third kappa shape index (κ3) is 31.7. The summed E-state index contributed by atoms with van der Waals surface area (Å²) < 4.78 is 31.0. The molecule has 0 bridgehead atoms. The van der Waals surface area contributed by atoms with E-state index in [9.17, 15) is 28.8 Å². The van der Waals surface area contributed by atoms with Crippen molar-refractivity contribution >= 4 is 82.0 Å². The zero-order valence-corrected chi connectivity index (χ0v) is 68.3. The van der Waals surface area contributed by atoms with E-state index in [0.29, 0.717) is 80.6 Å². The van der Waals surface area contributed by atoms with Crippen LogP contribution in [0, 0.1) is 24.7 Å². The van der Waals surface area contributed by atoms with Crippen molar-refractivity contribution in [2.45, 2.75) is 131 Å². The Labute approximate surface area is 635 Å². The Morgan fingerprint density at radius 2 is 0.667 bits per heavy atom. The Morgan fingerprint density at radius 3 is 1.01 bits per heavy atom. The Hall–Kier alpha value is -8.31. The van der Waals surface area contributed by atoms with Crippen LogP contribution in [0.2, 0.25) is 0 Å². The summed E-state index contributed by atoms with van der Waals surface area (Å²) in [6.07, 6.45) is 14.3. The number of esters is 6. The number of aryl methyl sites for hydroxylation is 1. The third-order valence-electron chi connectivity index (χ3n) is 17.2. The first-order valence-corrected chi connectivity index (χ1v) is 39.6. The molecule has 0 aromatic heterocycles. The van der Waals surface area contributed by atoms with Gasteiger partial charge in [0, 0.05) is 0 Å². The van der Waals surface area contributed by atoms with Crippen molar-refractivity contribution in [3.63, 3.8) is 0 Å². The lowest BCUT2D eigenvalue weighted by molar-refractivity contribution is 0.0482. The summed E-state index contributed by atoms with van der Waals surface area (Å²) >= 11 is 0. The fourth-order valence-electron chi connectivity index (χ4n) is 10.1. The molecule has 0 aliphatic heterocycles. The minimum absolute atomic E-state index is 0.221. The molecule has 9 aromatic carbocycles. The minimum atomic E-state index is -0.450. The van der Waals surface area contributed by atoms with E-state index in [1.807, 2.05) is 121 Å². The molecule has 9 rings (SSSR count). The number of carbonyl (C=O) groups excluding carboxylic acids is 6. The second kappa shape index (κ2) is 48.0. The number of rotatable bonds is 27. The second-order valence-corrected chi connectivity index (χ2v) is 27.9. The van der Waals surface area contributed by atoms with Crippen molar-refractivity contribution in [2.24, 2.45) is 17.8 Å². The van der Waals surface area contributed by atoms with Crippen molar-refractivity contribution in [2.75, 3.05) is 20.8 Å². The van der Waals surface area contributed by atoms with Gasteiger partial charge in [-0.1, -0.05) is 168 Å². The van der Waals surface area contributed by atoms with Gasteiger partial charge in [-0.15, -0.1) is 46.2 Å². The van der Waals surface area contributed by atoms with Crippen LogP contribution in [0.1, 0.15) is 187 Å². The van der Waals surface area contributed by atoms with Gasteiger partial charge in [0.2, 0.25) is 0 Å². The van der Waals surface area contributed by atoms with E-state index in [1.165, 1.54) is 65.2 Å². The van der Waals surface area contributed by atoms with E-state index >= 15 is 0 Å². The summed E-state index contributed by atoms with van der Waals surface area (Å²) in [6, 6.07) is 66.0. The summed E-state index contributed by atoms with van der Waals surface area (Å²) in [7, 11) is 16.0. The first-order valence-electron chi connectivity index (χ1n) is 35.5. The smallest absolute Gasteiger partial charge is 0.343 e. The topological polar surface area (TPSA) is 158 Å². The lowest BCUT2D eigenvalue weighted by atomic mass is 9.97. The molecular weight excluding hydrogens is 1400 g/mol. The van der Waals surface area contributed by atoms with Crippen molar-refractivity contribution < 1.29 is 57.2 Å². The molecule has 0 N–H and O–H groups in total. The number of methoxy groups -OCH3 is 2. The maximum absolute atomic E-state index is 12.6. The maximum Gasteiger partial charge on any atom is 0.343 e. The number of benzene rings is 9. The van der Waals surface area contributed by atoms with Crippen molar-refractivity contribution in [1.29, 1.82) is 0 Å². The van der Waals surface area contributed by atoms with Gasteiger partial charge in [0.05, 0.1) is 54.2 Å². The molecule has 8 unspecified atom stereocenters. The molecule has 0 spiro atoms.